The lowest BCUT2D eigenvalue weighted by molar-refractivity contribution is 0.156. The monoisotopic (exact) mass is 323 g/mol. The summed E-state index contributed by atoms with van der Waals surface area (Å²) in [6.45, 7) is 2.48. The molecule has 2 unspecified atom stereocenters. The van der Waals surface area contributed by atoms with E-state index in [1.165, 1.54) is 44.3 Å². The average molecular weight is 324 g/mol. The van der Waals surface area contributed by atoms with Crippen LogP contribution in [0.15, 0.2) is 18.2 Å². The van der Waals surface area contributed by atoms with Crippen molar-refractivity contribution < 1.29 is 0 Å². The second-order valence-electron chi connectivity index (χ2n) is 6.17. The molecule has 3 nitrogen and oxygen atoms in total. The Morgan fingerprint density at radius 3 is 2.95 bits per heavy atom. The van der Waals surface area contributed by atoms with Crippen LogP contribution in [0.25, 0.3) is 11.0 Å². The van der Waals surface area contributed by atoms with Crippen LogP contribution in [-0.2, 0) is 5.88 Å². The van der Waals surface area contributed by atoms with Gasteiger partial charge >= 0.3 is 0 Å². The summed E-state index contributed by atoms with van der Waals surface area (Å²) in [5, 5.41) is 0.735. The number of piperidine rings is 1. The molecule has 4 rings (SSSR count). The highest BCUT2D eigenvalue weighted by molar-refractivity contribution is 6.31. The number of hydrogen-bond donors (Lipinski definition) is 0. The fraction of sp³-hybridized carbons (Fsp3) is 0.562. The molecule has 0 amide bonds. The number of nitrogens with zero attached hydrogens (tertiary/aromatic N) is 3. The molecule has 2 atom stereocenters. The van der Waals surface area contributed by atoms with Crippen LogP contribution in [0.4, 0.5) is 0 Å². The Hall–Kier alpha value is -0.770. The zero-order chi connectivity index (χ0) is 14.4. The first kappa shape index (κ1) is 13.9. The van der Waals surface area contributed by atoms with Crippen molar-refractivity contribution in [2.45, 2.75) is 43.6 Å². The minimum absolute atomic E-state index is 0.456. The molecular weight excluding hydrogens is 305 g/mol. The van der Waals surface area contributed by atoms with Crippen LogP contribution < -0.4 is 0 Å². The number of halogens is 2. The topological polar surface area (TPSA) is 21.1 Å². The van der Waals surface area contributed by atoms with Crippen LogP contribution in [0.2, 0.25) is 5.02 Å². The fourth-order valence-electron chi connectivity index (χ4n) is 4.06. The third kappa shape index (κ3) is 2.36. The largest absolute Gasteiger partial charge is 0.324 e. The lowest BCUT2D eigenvalue weighted by Gasteiger charge is -2.36. The molecule has 2 saturated heterocycles. The smallest absolute Gasteiger partial charge is 0.125 e. The molecular formula is C16H19Cl2N3. The molecule has 0 aliphatic carbocycles. The van der Waals surface area contributed by atoms with Crippen molar-refractivity contribution in [2.75, 3.05) is 13.1 Å². The van der Waals surface area contributed by atoms with Crippen molar-refractivity contribution in [3.63, 3.8) is 0 Å². The molecule has 2 fully saturated rings. The molecule has 2 aliphatic rings. The Kier molecular flexibility index (Phi) is 3.60. The van der Waals surface area contributed by atoms with Crippen molar-refractivity contribution in [3.05, 3.63) is 29.0 Å². The summed E-state index contributed by atoms with van der Waals surface area (Å²) in [6.07, 6.45) is 5.09. The number of fused-ring (bicyclic) bond motifs is 2. The Morgan fingerprint density at radius 1 is 1.19 bits per heavy atom. The van der Waals surface area contributed by atoms with Gasteiger partial charge in [0.2, 0.25) is 0 Å². The third-order valence-corrected chi connectivity index (χ3v) is 5.48. The first-order valence-corrected chi connectivity index (χ1v) is 8.64. The van der Waals surface area contributed by atoms with E-state index in [9.17, 15) is 0 Å². The van der Waals surface area contributed by atoms with Crippen molar-refractivity contribution in [2.24, 2.45) is 0 Å². The van der Waals surface area contributed by atoms with E-state index in [0.29, 0.717) is 11.9 Å². The second kappa shape index (κ2) is 5.45. The molecule has 0 N–H and O–H groups in total. The fourth-order valence-corrected chi connectivity index (χ4v) is 4.42. The average Bonchev–Trinajstić information content (AvgIpc) is 3.09. The third-order valence-electron chi connectivity index (χ3n) is 5.00. The Bertz CT molecular complexity index is 667. The minimum Gasteiger partial charge on any atom is -0.324 e. The second-order valence-corrected chi connectivity index (χ2v) is 6.88. The SMILES string of the molecule is ClCc1nc2cc(Cl)ccc2n1C1CCN2CCCC2C1. The van der Waals surface area contributed by atoms with Crippen molar-refractivity contribution in [1.29, 1.82) is 0 Å². The van der Waals surface area contributed by atoms with Crippen molar-refractivity contribution >= 4 is 34.2 Å². The maximum absolute atomic E-state index is 6.15. The van der Waals surface area contributed by atoms with Gasteiger partial charge in [-0.05, 0) is 50.4 Å². The van der Waals surface area contributed by atoms with Gasteiger partial charge in [-0.15, -0.1) is 11.6 Å². The predicted octanol–water partition coefficient (Wildman–Crippen LogP) is 4.23. The van der Waals surface area contributed by atoms with Crippen molar-refractivity contribution in [1.82, 2.24) is 14.5 Å². The number of alkyl halides is 1. The lowest BCUT2D eigenvalue weighted by Crippen LogP contribution is -2.38. The molecule has 0 bridgehead atoms. The van der Waals surface area contributed by atoms with Crippen LogP contribution in [0.3, 0.4) is 0 Å². The molecule has 21 heavy (non-hydrogen) atoms. The summed E-state index contributed by atoms with van der Waals surface area (Å²) in [5.41, 5.74) is 2.14. The van der Waals surface area contributed by atoms with Crippen LogP contribution in [0.1, 0.15) is 37.5 Å². The first-order valence-electron chi connectivity index (χ1n) is 7.72. The van der Waals surface area contributed by atoms with Crippen LogP contribution in [0.5, 0.6) is 0 Å². The van der Waals surface area contributed by atoms with Gasteiger partial charge in [0.15, 0.2) is 0 Å². The maximum atomic E-state index is 6.15. The van der Waals surface area contributed by atoms with E-state index in [1.807, 2.05) is 12.1 Å². The van der Waals surface area contributed by atoms with E-state index in [1.54, 1.807) is 0 Å². The summed E-state index contributed by atoms with van der Waals surface area (Å²) in [5.74, 6) is 1.43. The van der Waals surface area contributed by atoms with Gasteiger partial charge in [0.25, 0.3) is 0 Å². The van der Waals surface area contributed by atoms with Gasteiger partial charge in [-0.1, -0.05) is 11.6 Å². The number of rotatable bonds is 2. The van der Waals surface area contributed by atoms with Crippen LogP contribution in [0, 0.1) is 0 Å². The van der Waals surface area contributed by atoms with E-state index in [4.69, 9.17) is 23.2 Å². The van der Waals surface area contributed by atoms with Gasteiger partial charge < -0.3 is 9.47 Å². The summed E-state index contributed by atoms with van der Waals surface area (Å²) in [6, 6.07) is 7.24. The molecule has 0 radical (unpaired) electrons. The molecule has 5 heteroatoms. The summed E-state index contributed by atoms with van der Waals surface area (Å²) in [7, 11) is 0. The first-order chi connectivity index (χ1) is 10.3. The molecule has 0 spiro atoms. The van der Waals surface area contributed by atoms with Crippen LogP contribution in [-0.4, -0.2) is 33.6 Å². The molecule has 3 heterocycles. The maximum Gasteiger partial charge on any atom is 0.125 e. The molecule has 1 aromatic heterocycles. The zero-order valence-corrected chi connectivity index (χ0v) is 13.4. The molecule has 0 saturated carbocycles. The molecule has 2 aromatic rings. The predicted molar refractivity (Wildman–Crippen MR) is 87.2 cm³/mol. The summed E-state index contributed by atoms with van der Waals surface area (Å²) >= 11 is 12.2. The lowest BCUT2D eigenvalue weighted by atomic mass is 9.97. The molecule has 112 valence electrons. The van der Waals surface area contributed by atoms with E-state index in [0.717, 1.165) is 22.4 Å². The Labute approximate surface area is 134 Å². The molecule has 2 aliphatic heterocycles. The van der Waals surface area contributed by atoms with Crippen molar-refractivity contribution in [3.8, 4) is 0 Å². The van der Waals surface area contributed by atoms with Gasteiger partial charge in [0.05, 0.1) is 16.9 Å². The number of aromatic nitrogens is 2. The number of imidazole rings is 1. The van der Waals surface area contributed by atoms with Gasteiger partial charge in [-0.25, -0.2) is 4.98 Å². The normalized spacial score (nSPS) is 26.4. The highest BCUT2D eigenvalue weighted by atomic mass is 35.5. The molecule has 1 aromatic carbocycles. The quantitative estimate of drug-likeness (QED) is 0.771. The van der Waals surface area contributed by atoms with Gasteiger partial charge in [-0.2, -0.15) is 0 Å². The highest BCUT2D eigenvalue weighted by Gasteiger charge is 2.33. The van der Waals surface area contributed by atoms with Crippen LogP contribution >= 0.6 is 23.2 Å². The Balaban J connectivity index is 1.74. The van der Waals surface area contributed by atoms with E-state index in [2.05, 4.69) is 20.5 Å². The number of hydrogen-bond acceptors (Lipinski definition) is 2. The zero-order valence-electron chi connectivity index (χ0n) is 11.9. The number of benzene rings is 1. The van der Waals surface area contributed by atoms with Gasteiger partial charge in [0, 0.05) is 23.7 Å². The van der Waals surface area contributed by atoms with E-state index < -0.39 is 0 Å². The van der Waals surface area contributed by atoms with Gasteiger partial charge in [-0.3, -0.25) is 0 Å². The van der Waals surface area contributed by atoms with E-state index in [-0.39, 0.29) is 0 Å². The summed E-state index contributed by atoms with van der Waals surface area (Å²) in [4.78, 5) is 7.33. The minimum atomic E-state index is 0.456. The standard InChI is InChI=1S/C16H19Cl2N3/c17-10-16-19-14-8-11(18)3-4-15(14)21(16)13-5-7-20-6-1-2-12(20)9-13/h3-4,8,12-13H,1-2,5-7,9-10H2. The summed E-state index contributed by atoms with van der Waals surface area (Å²) < 4.78 is 2.37. The Morgan fingerprint density at radius 2 is 2.10 bits per heavy atom. The highest BCUT2D eigenvalue weighted by Crippen LogP contribution is 2.36. The van der Waals surface area contributed by atoms with E-state index >= 15 is 0 Å². The van der Waals surface area contributed by atoms with Gasteiger partial charge in [0.1, 0.15) is 5.82 Å².